The van der Waals surface area contributed by atoms with Crippen molar-refractivity contribution in [2.45, 2.75) is 69.7 Å². The summed E-state index contributed by atoms with van der Waals surface area (Å²) in [5.74, 6) is 1.31. The van der Waals surface area contributed by atoms with Crippen molar-refractivity contribution < 1.29 is 17.7 Å². The van der Waals surface area contributed by atoms with E-state index in [1.807, 2.05) is 13.8 Å². The first-order chi connectivity index (χ1) is 14.3. The molecule has 2 aromatic heterocycles. The van der Waals surface area contributed by atoms with E-state index in [1.54, 1.807) is 13.0 Å². The van der Waals surface area contributed by atoms with Gasteiger partial charge in [0.15, 0.2) is 0 Å². The quantitative estimate of drug-likeness (QED) is 0.721. The zero-order valence-electron chi connectivity index (χ0n) is 17.6. The molecular formula is C20H28N4O4S2. The van der Waals surface area contributed by atoms with Gasteiger partial charge in [0.1, 0.15) is 0 Å². The number of thiophene rings is 1. The summed E-state index contributed by atoms with van der Waals surface area (Å²) >= 11 is 1.37. The van der Waals surface area contributed by atoms with Crippen LogP contribution in [-0.2, 0) is 14.8 Å². The second-order valence-electron chi connectivity index (χ2n) is 8.46. The fourth-order valence-electron chi connectivity index (χ4n) is 3.89. The lowest BCUT2D eigenvalue weighted by atomic mass is 9.85. The molecule has 0 radical (unpaired) electrons. The first-order valence-electron chi connectivity index (χ1n) is 10.5. The summed E-state index contributed by atoms with van der Waals surface area (Å²) in [5.41, 5.74) is 0. The minimum absolute atomic E-state index is 0.00965. The molecule has 30 heavy (non-hydrogen) atoms. The summed E-state index contributed by atoms with van der Waals surface area (Å²) in [6, 6.07) is 1.74. The van der Waals surface area contributed by atoms with E-state index in [2.05, 4.69) is 15.5 Å². The molecule has 0 spiro atoms. The van der Waals surface area contributed by atoms with Crippen molar-refractivity contribution in [2.75, 3.05) is 13.1 Å². The maximum Gasteiger partial charge on any atom is 0.244 e. The fraction of sp³-hybridized carbons (Fsp3) is 0.650. The van der Waals surface area contributed by atoms with E-state index in [0.717, 1.165) is 12.8 Å². The lowest BCUT2D eigenvalue weighted by Gasteiger charge is -2.30. The largest absolute Gasteiger partial charge is 0.354 e. The molecule has 4 rings (SSSR count). The van der Waals surface area contributed by atoms with Crippen LogP contribution >= 0.6 is 11.3 Å². The molecule has 0 bridgehead atoms. The zero-order valence-corrected chi connectivity index (χ0v) is 19.2. The second-order valence-corrected chi connectivity index (χ2v) is 11.6. The Kier molecular flexibility index (Phi) is 6.00. The molecule has 2 fully saturated rings. The summed E-state index contributed by atoms with van der Waals surface area (Å²) in [6.45, 7) is 6.34. The van der Waals surface area contributed by atoms with Gasteiger partial charge in [0.2, 0.25) is 27.6 Å². The molecule has 3 heterocycles. The van der Waals surface area contributed by atoms with Crippen molar-refractivity contribution in [2.24, 2.45) is 5.92 Å². The number of aromatic nitrogens is 2. The predicted octanol–water partition coefficient (Wildman–Crippen LogP) is 3.30. The smallest absolute Gasteiger partial charge is 0.244 e. The summed E-state index contributed by atoms with van der Waals surface area (Å²) in [5, 5.41) is 6.98. The zero-order chi connectivity index (χ0) is 21.5. The van der Waals surface area contributed by atoms with Crippen molar-refractivity contribution in [3.05, 3.63) is 16.8 Å². The topological polar surface area (TPSA) is 105 Å². The van der Waals surface area contributed by atoms with Crippen molar-refractivity contribution in [3.8, 4) is 10.7 Å². The molecule has 8 nitrogen and oxygen atoms in total. The molecule has 1 N–H and O–H groups in total. The number of amides is 1. The Bertz CT molecular complexity index is 1020. The summed E-state index contributed by atoms with van der Waals surface area (Å²) in [6.07, 6.45) is 4.37. The third-order valence-corrected chi connectivity index (χ3v) is 9.06. The highest BCUT2D eigenvalue weighted by molar-refractivity contribution is 7.89. The van der Waals surface area contributed by atoms with Crippen LogP contribution in [0.15, 0.2) is 15.5 Å². The van der Waals surface area contributed by atoms with Crippen molar-refractivity contribution in [1.82, 2.24) is 19.8 Å². The van der Waals surface area contributed by atoms with Crippen LogP contribution in [0, 0.1) is 12.8 Å². The molecule has 1 aliphatic carbocycles. The van der Waals surface area contributed by atoms with E-state index < -0.39 is 10.0 Å². The van der Waals surface area contributed by atoms with E-state index in [9.17, 15) is 13.2 Å². The van der Waals surface area contributed by atoms with Crippen molar-refractivity contribution >= 4 is 27.3 Å². The normalized spacial score (nSPS) is 19.2. The van der Waals surface area contributed by atoms with Gasteiger partial charge in [-0.2, -0.15) is 9.29 Å². The number of nitrogens with one attached hydrogen (secondary N) is 1. The fourth-order valence-corrected chi connectivity index (χ4v) is 6.84. The van der Waals surface area contributed by atoms with Gasteiger partial charge in [-0.15, -0.1) is 11.3 Å². The van der Waals surface area contributed by atoms with E-state index in [1.165, 1.54) is 22.1 Å². The van der Waals surface area contributed by atoms with E-state index in [0.29, 0.717) is 58.2 Å². The highest BCUT2D eigenvalue weighted by Crippen LogP contribution is 2.38. The molecule has 1 saturated carbocycles. The Balaban J connectivity index is 1.47. The number of rotatable bonds is 6. The Morgan fingerprint density at radius 3 is 2.57 bits per heavy atom. The van der Waals surface area contributed by atoms with Crippen LogP contribution in [-0.4, -0.2) is 47.9 Å². The van der Waals surface area contributed by atoms with Gasteiger partial charge in [0.05, 0.1) is 9.77 Å². The molecule has 1 amide bonds. The van der Waals surface area contributed by atoms with Crippen LogP contribution in [0.3, 0.4) is 0 Å². The highest BCUT2D eigenvalue weighted by atomic mass is 32.2. The molecule has 2 aromatic rings. The van der Waals surface area contributed by atoms with Gasteiger partial charge in [0, 0.05) is 35.8 Å². The van der Waals surface area contributed by atoms with Crippen LogP contribution in [0.2, 0.25) is 0 Å². The molecular weight excluding hydrogens is 424 g/mol. The lowest BCUT2D eigenvalue weighted by Crippen LogP contribution is -2.44. The maximum atomic E-state index is 13.2. The van der Waals surface area contributed by atoms with Gasteiger partial charge >= 0.3 is 0 Å². The average molecular weight is 453 g/mol. The third kappa shape index (κ3) is 4.17. The number of aryl methyl sites for hydroxylation is 1. The SMILES string of the molecule is Cc1sc(-c2noc(C3CCC3)n2)cc1S(=O)(=O)N1CCC(C(=O)NC(C)C)CC1. The first-order valence-corrected chi connectivity index (χ1v) is 12.8. The predicted molar refractivity (Wildman–Crippen MR) is 114 cm³/mol. The Hall–Kier alpha value is -1.78. The lowest BCUT2D eigenvalue weighted by molar-refractivity contribution is -0.126. The Morgan fingerprint density at radius 2 is 1.97 bits per heavy atom. The summed E-state index contributed by atoms with van der Waals surface area (Å²) < 4.78 is 33.4. The van der Waals surface area contributed by atoms with Crippen LogP contribution in [0.5, 0.6) is 0 Å². The average Bonchev–Trinajstić information content (AvgIpc) is 3.27. The number of carbonyl (C=O) groups excluding carboxylic acids is 1. The Labute approximate surface area is 181 Å². The molecule has 0 atom stereocenters. The number of sulfonamides is 1. The number of carbonyl (C=O) groups is 1. The van der Waals surface area contributed by atoms with Crippen LogP contribution in [0.25, 0.3) is 10.7 Å². The van der Waals surface area contributed by atoms with E-state index in [-0.39, 0.29) is 17.9 Å². The van der Waals surface area contributed by atoms with Crippen LogP contribution in [0.1, 0.15) is 62.6 Å². The molecule has 0 unspecified atom stereocenters. The number of hydrogen-bond donors (Lipinski definition) is 1. The van der Waals surface area contributed by atoms with Gasteiger partial charge in [0.25, 0.3) is 0 Å². The second kappa shape index (κ2) is 8.39. The summed E-state index contributed by atoms with van der Waals surface area (Å²) in [7, 11) is -3.63. The van der Waals surface area contributed by atoms with Crippen molar-refractivity contribution in [3.63, 3.8) is 0 Å². The third-order valence-electron chi connectivity index (χ3n) is 5.86. The molecule has 1 aliphatic heterocycles. The highest BCUT2D eigenvalue weighted by Gasteiger charge is 2.34. The van der Waals surface area contributed by atoms with Gasteiger partial charge in [-0.1, -0.05) is 11.6 Å². The Morgan fingerprint density at radius 1 is 1.27 bits per heavy atom. The summed E-state index contributed by atoms with van der Waals surface area (Å²) in [4.78, 5) is 18.4. The molecule has 10 heteroatoms. The van der Waals surface area contributed by atoms with Gasteiger partial charge in [-0.05, 0) is 52.5 Å². The maximum absolute atomic E-state index is 13.2. The van der Waals surface area contributed by atoms with Gasteiger partial charge in [-0.3, -0.25) is 4.79 Å². The van der Waals surface area contributed by atoms with E-state index >= 15 is 0 Å². The first kappa shape index (κ1) is 21.5. The minimum Gasteiger partial charge on any atom is -0.354 e. The molecule has 1 saturated heterocycles. The van der Waals surface area contributed by atoms with Gasteiger partial charge < -0.3 is 9.84 Å². The number of piperidine rings is 1. The monoisotopic (exact) mass is 452 g/mol. The molecule has 2 aliphatic rings. The molecule has 0 aromatic carbocycles. The standard InChI is InChI=1S/C20H28N4O4S2/c1-12(2)21-19(25)14-7-9-24(10-8-14)30(26,27)17-11-16(29-13(17)3)18-22-20(28-23-18)15-5-4-6-15/h11-12,14-15H,4-10H2,1-3H3,(H,21,25). The molecule has 164 valence electrons. The number of hydrogen-bond acceptors (Lipinski definition) is 7. The van der Waals surface area contributed by atoms with Crippen LogP contribution in [0.4, 0.5) is 0 Å². The van der Waals surface area contributed by atoms with Crippen LogP contribution < -0.4 is 5.32 Å². The minimum atomic E-state index is -3.63. The van der Waals surface area contributed by atoms with Gasteiger partial charge in [-0.25, -0.2) is 8.42 Å². The van der Waals surface area contributed by atoms with Crippen molar-refractivity contribution in [1.29, 1.82) is 0 Å². The number of nitrogens with zero attached hydrogens (tertiary/aromatic N) is 3. The van der Waals surface area contributed by atoms with E-state index in [4.69, 9.17) is 4.52 Å².